The van der Waals surface area contributed by atoms with Crippen LogP contribution >= 0.6 is 24.8 Å². The van der Waals surface area contributed by atoms with Gasteiger partial charge in [-0.25, -0.2) is 13.2 Å². The molecular weight excluding hydrogens is 549 g/mol. The van der Waals surface area contributed by atoms with Crippen LogP contribution in [0.5, 0.6) is 5.75 Å². The largest absolute Gasteiger partial charge is 0.507 e. The highest BCUT2D eigenvalue weighted by Crippen LogP contribution is 2.42. The molecule has 4 rings (SSSR count). The summed E-state index contributed by atoms with van der Waals surface area (Å²) < 4.78 is 33.8. The fourth-order valence-electron chi connectivity index (χ4n) is 4.41. The van der Waals surface area contributed by atoms with Gasteiger partial charge in [-0.15, -0.1) is 24.8 Å². The van der Waals surface area contributed by atoms with Crippen molar-refractivity contribution < 1.29 is 23.1 Å². The van der Waals surface area contributed by atoms with Gasteiger partial charge in [-0.3, -0.25) is 4.98 Å². The number of benzene rings is 2. The maximum Gasteiger partial charge on any atom is 0.340 e. The second kappa shape index (κ2) is 12.6. The van der Waals surface area contributed by atoms with Crippen molar-refractivity contribution >= 4 is 51.5 Å². The molecule has 0 aliphatic rings. The van der Waals surface area contributed by atoms with Crippen LogP contribution in [0.4, 0.5) is 0 Å². The quantitative estimate of drug-likeness (QED) is 0.293. The lowest BCUT2D eigenvalue weighted by Gasteiger charge is -2.17. The molecule has 2 aromatic heterocycles. The van der Waals surface area contributed by atoms with Gasteiger partial charge < -0.3 is 19.3 Å². The zero-order valence-corrected chi connectivity index (χ0v) is 24.0. The van der Waals surface area contributed by atoms with Gasteiger partial charge in [0.2, 0.25) is 0 Å². The van der Waals surface area contributed by atoms with Crippen molar-refractivity contribution in [3.05, 3.63) is 77.7 Å². The van der Waals surface area contributed by atoms with E-state index in [0.717, 1.165) is 0 Å². The number of sulfone groups is 1. The molecule has 0 aliphatic carbocycles. The number of phenols is 1. The number of carbonyl (C=O) groups excluding carboxylic acids is 1. The summed E-state index contributed by atoms with van der Waals surface area (Å²) in [6, 6.07) is 13.5. The Labute approximate surface area is 235 Å². The number of rotatable bonds is 8. The molecule has 0 unspecified atom stereocenters. The SMILES string of the molecule is CCOC(=O)c1c(CS(=O)(=O)c2ccccc2)n(C)c2cc(-c3cccnc3)c(O)c(CN(C)C)c12.Cl.Cl. The van der Waals surface area contributed by atoms with Gasteiger partial charge in [-0.05, 0) is 45.3 Å². The molecule has 0 saturated heterocycles. The Morgan fingerprint density at radius 2 is 1.79 bits per heavy atom. The number of pyridine rings is 1. The minimum absolute atomic E-state index is 0. The van der Waals surface area contributed by atoms with Crippen LogP contribution in [-0.4, -0.2) is 54.6 Å². The van der Waals surface area contributed by atoms with Gasteiger partial charge in [0.25, 0.3) is 0 Å². The molecule has 8 nitrogen and oxygen atoms in total. The summed E-state index contributed by atoms with van der Waals surface area (Å²) in [4.78, 5) is 19.5. The van der Waals surface area contributed by atoms with Gasteiger partial charge in [0.1, 0.15) is 5.75 Å². The minimum Gasteiger partial charge on any atom is -0.507 e. The zero-order valence-electron chi connectivity index (χ0n) is 21.5. The van der Waals surface area contributed by atoms with E-state index in [4.69, 9.17) is 4.74 Å². The number of nitrogens with zero attached hydrogens (tertiary/aromatic N) is 3. The molecule has 0 saturated carbocycles. The van der Waals surface area contributed by atoms with Crippen molar-refractivity contribution in [1.82, 2.24) is 14.5 Å². The number of ether oxygens (including phenoxy) is 1. The van der Waals surface area contributed by atoms with Crippen LogP contribution in [0.1, 0.15) is 28.5 Å². The topological polar surface area (TPSA) is 102 Å². The van der Waals surface area contributed by atoms with E-state index in [1.807, 2.05) is 25.1 Å². The average Bonchev–Trinajstić information content (AvgIpc) is 3.12. The lowest BCUT2D eigenvalue weighted by Crippen LogP contribution is -2.15. The fraction of sp³-hybridized carbons (Fsp3) is 0.259. The fourth-order valence-corrected chi connectivity index (χ4v) is 5.85. The number of hydrogen-bond donors (Lipinski definition) is 1. The molecule has 0 spiro atoms. The predicted molar refractivity (Wildman–Crippen MR) is 153 cm³/mol. The molecule has 0 amide bonds. The molecule has 0 atom stereocenters. The Morgan fingerprint density at radius 3 is 2.37 bits per heavy atom. The molecule has 4 aromatic rings. The van der Waals surface area contributed by atoms with E-state index in [0.29, 0.717) is 39.8 Å². The van der Waals surface area contributed by atoms with Crippen LogP contribution in [0.25, 0.3) is 22.0 Å². The first-order chi connectivity index (χ1) is 17.2. The third kappa shape index (κ3) is 5.96. The van der Waals surface area contributed by atoms with Gasteiger partial charge in [0.15, 0.2) is 9.84 Å². The van der Waals surface area contributed by atoms with E-state index in [-0.39, 0.29) is 47.6 Å². The van der Waals surface area contributed by atoms with Crippen LogP contribution in [0.2, 0.25) is 0 Å². The number of halogens is 2. The molecule has 204 valence electrons. The monoisotopic (exact) mass is 579 g/mol. The van der Waals surface area contributed by atoms with Crippen molar-refractivity contribution in [2.75, 3.05) is 20.7 Å². The summed E-state index contributed by atoms with van der Waals surface area (Å²) in [5.41, 5.74) is 2.83. The highest BCUT2D eigenvalue weighted by molar-refractivity contribution is 7.90. The van der Waals surface area contributed by atoms with Gasteiger partial charge in [0.05, 0.1) is 28.3 Å². The Bertz CT molecular complexity index is 1520. The first-order valence-electron chi connectivity index (χ1n) is 11.5. The summed E-state index contributed by atoms with van der Waals surface area (Å²) in [7, 11) is 1.67. The van der Waals surface area contributed by atoms with Crippen LogP contribution < -0.4 is 0 Å². The van der Waals surface area contributed by atoms with Gasteiger partial charge in [-0.1, -0.05) is 24.3 Å². The summed E-state index contributed by atoms with van der Waals surface area (Å²) in [6.45, 7) is 2.14. The Hall–Kier alpha value is -3.11. The molecule has 38 heavy (non-hydrogen) atoms. The second-order valence-corrected chi connectivity index (χ2v) is 10.8. The number of esters is 1. The van der Waals surface area contributed by atoms with Crippen molar-refractivity contribution in [3.63, 3.8) is 0 Å². The number of hydrogen-bond acceptors (Lipinski definition) is 7. The summed E-state index contributed by atoms with van der Waals surface area (Å²) in [5, 5.41) is 11.9. The predicted octanol–water partition coefficient (Wildman–Crippen LogP) is 5.00. The molecule has 0 radical (unpaired) electrons. The normalized spacial score (nSPS) is 11.2. The van der Waals surface area contributed by atoms with Crippen molar-refractivity contribution in [2.45, 2.75) is 24.1 Å². The van der Waals surface area contributed by atoms with Gasteiger partial charge in [-0.2, -0.15) is 0 Å². The van der Waals surface area contributed by atoms with E-state index in [2.05, 4.69) is 4.98 Å². The molecule has 2 aromatic carbocycles. The minimum atomic E-state index is -3.77. The van der Waals surface area contributed by atoms with Crippen LogP contribution in [0, 0.1) is 0 Å². The van der Waals surface area contributed by atoms with E-state index in [9.17, 15) is 18.3 Å². The Kier molecular flexibility index (Phi) is 10.3. The Morgan fingerprint density at radius 1 is 1.11 bits per heavy atom. The number of aryl methyl sites for hydroxylation is 1. The number of aromatic nitrogens is 2. The van der Waals surface area contributed by atoms with Crippen LogP contribution in [0.15, 0.2) is 65.8 Å². The maximum atomic E-state index is 13.4. The molecule has 0 bridgehead atoms. The van der Waals surface area contributed by atoms with Gasteiger partial charge >= 0.3 is 5.97 Å². The first-order valence-corrected chi connectivity index (χ1v) is 13.2. The average molecular weight is 581 g/mol. The van der Waals surface area contributed by atoms with Crippen molar-refractivity contribution in [1.29, 1.82) is 0 Å². The number of fused-ring (bicyclic) bond motifs is 1. The van der Waals surface area contributed by atoms with E-state index in [1.165, 1.54) is 12.1 Å². The standard InChI is InChI=1S/C27H29N3O5S.2ClH/c1-5-35-27(32)25-23(17-36(33,34)19-11-7-6-8-12-19)30(4)22-14-20(18-10-9-13-28-15-18)26(31)21(24(22)25)16-29(2)3;;/h6-15,31H,5,16-17H2,1-4H3;2*1H. The number of phenolic OH excluding ortho intramolecular Hbond substituents is 1. The molecule has 11 heteroatoms. The highest BCUT2D eigenvalue weighted by Gasteiger charge is 2.30. The maximum absolute atomic E-state index is 13.4. The number of aromatic hydroxyl groups is 1. The van der Waals surface area contributed by atoms with Gasteiger partial charge in [0, 0.05) is 53.8 Å². The van der Waals surface area contributed by atoms with Crippen LogP contribution in [0.3, 0.4) is 0 Å². The van der Waals surface area contributed by atoms with Crippen molar-refractivity contribution in [3.8, 4) is 16.9 Å². The second-order valence-electron chi connectivity index (χ2n) is 8.80. The third-order valence-electron chi connectivity index (χ3n) is 6.04. The van der Waals surface area contributed by atoms with E-state index >= 15 is 0 Å². The summed E-state index contributed by atoms with van der Waals surface area (Å²) in [6.07, 6.45) is 3.30. The van der Waals surface area contributed by atoms with Crippen LogP contribution in [-0.2, 0) is 33.9 Å². The van der Waals surface area contributed by atoms with E-state index in [1.54, 1.807) is 61.3 Å². The summed E-state index contributed by atoms with van der Waals surface area (Å²) in [5.74, 6) is -1.02. The third-order valence-corrected chi connectivity index (χ3v) is 7.68. The zero-order chi connectivity index (χ0) is 26.0. The Balaban J connectivity index is 0.00000253. The van der Waals surface area contributed by atoms with Crippen molar-refractivity contribution in [2.24, 2.45) is 7.05 Å². The highest BCUT2D eigenvalue weighted by atomic mass is 35.5. The smallest absolute Gasteiger partial charge is 0.340 e. The molecule has 0 aliphatic heterocycles. The molecular formula is C27H31Cl2N3O5S. The molecule has 2 heterocycles. The molecule has 0 fully saturated rings. The lowest BCUT2D eigenvalue weighted by atomic mass is 9.96. The molecule has 1 N–H and O–H groups in total. The number of carbonyl (C=O) groups is 1. The van der Waals surface area contributed by atoms with E-state index < -0.39 is 21.6 Å². The lowest BCUT2D eigenvalue weighted by molar-refractivity contribution is 0.0527. The summed E-state index contributed by atoms with van der Waals surface area (Å²) >= 11 is 0. The first kappa shape index (κ1) is 31.1.